The highest BCUT2D eigenvalue weighted by Gasteiger charge is 2.14. The molecule has 6 nitrogen and oxygen atoms in total. The zero-order valence-electron chi connectivity index (χ0n) is 9.89. The van der Waals surface area contributed by atoms with Gasteiger partial charge in [-0.25, -0.2) is 9.97 Å². The van der Waals surface area contributed by atoms with Crippen molar-refractivity contribution in [1.29, 1.82) is 0 Å². The van der Waals surface area contributed by atoms with Gasteiger partial charge in [-0.3, -0.25) is 0 Å². The van der Waals surface area contributed by atoms with Crippen molar-refractivity contribution in [2.75, 3.05) is 0 Å². The summed E-state index contributed by atoms with van der Waals surface area (Å²) >= 11 is 2.88. The van der Waals surface area contributed by atoms with Gasteiger partial charge in [-0.1, -0.05) is 0 Å². The minimum Gasteiger partial charge on any atom is -0.459 e. The van der Waals surface area contributed by atoms with E-state index in [1.165, 1.54) is 18.1 Å². The zero-order chi connectivity index (χ0) is 13.4. The first-order valence-corrected chi connectivity index (χ1v) is 7.33. The Morgan fingerprint density at radius 2 is 2.15 bits per heavy atom. The van der Waals surface area contributed by atoms with Gasteiger partial charge in [0.1, 0.15) is 16.2 Å². The molecule has 4 aromatic heterocycles. The first-order chi connectivity index (χ1) is 9.90. The van der Waals surface area contributed by atoms with E-state index in [1.807, 2.05) is 11.4 Å². The van der Waals surface area contributed by atoms with Gasteiger partial charge in [0, 0.05) is 5.39 Å². The maximum absolute atomic E-state index is 5.55. The van der Waals surface area contributed by atoms with Gasteiger partial charge in [-0.2, -0.15) is 0 Å². The normalized spacial score (nSPS) is 11.2. The molecule has 0 amide bonds. The second-order valence-corrected chi connectivity index (χ2v) is 5.61. The van der Waals surface area contributed by atoms with Crippen LogP contribution in [-0.2, 0) is 0 Å². The Morgan fingerprint density at radius 3 is 3.05 bits per heavy atom. The van der Waals surface area contributed by atoms with E-state index in [9.17, 15) is 0 Å². The highest BCUT2D eigenvalue weighted by molar-refractivity contribution is 7.99. The second-order valence-electron chi connectivity index (χ2n) is 3.77. The van der Waals surface area contributed by atoms with Crippen molar-refractivity contribution in [3.63, 3.8) is 0 Å². The minimum absolute atomic E-state index is 0.355. The Balaban J connectivity index is 1.68. The Hall–Kier alpha value is -2.19. The summed E-state index contributed by atoms with van der Waals surface area (Å²) < 4.78 is 10.8. The van der Waals surface area contributed by atoms with Crippen LogP contribution in [0.3, 0.4) is 0 Å². The van der Waals surface area contributed by atoms with E-state index in [0.717, 1.165) is 15.2 Å². The molecule has 0 N–H and O–H groups in total. The fourth-order valence-electron chi connectivity index (χ4n) is 1.68. The van der Waals surface area contributed by atoms with Crippen molar-refractivity contribution in [3.05, 3.63) is 36.2 Å². The number of hydrogen-bond donors (Lipinski definition) is 0. The molecule has 98 valence electrons. The van der Waals surface area contributed by atoms with Gasteiger partial charge in [-0.05, 0) is 35.3 Å². The molecule has 0 aliphatic rings. The Kier molecular flexibility index (Phi) is 2.75. The van der Waals surface area contributed by atoms with Crippen LogP contribution in [0, 0.1) is 0 Å². The molecule has 8 heteroatoms. The van der Waals surface area contributed by atoms with E-state index in [1.54, 1.807) is 29.7 Å². The molecule has 0 saturated carbocycles. The summed E-state index contributed by atoms with van der Waals surface area (Å²) in [4.78, 5) is 9.39. The van der Waals surface area contributed by atoms with Gasteiger partial charge in [0.25, 0.3) is 11.1 Å². The molecule has 0 aromatic carbocycles. The van der Waals surface area contributed by atoms with Crippen molar-refractivity contribution in [3.8, 4) is 11.7 Å². The topological polar surface area (TPSA) is 77.8 Å². The van der Waals surface area contributed by atoms with Crippen molar-refractivity contribution in [1.82, 2.24) is 20.2 Å². The lowest BCUT2D eigenvalue weighted by Crippen LogP contribution is -1.83. The summed E-state index contributed by atoms with van der Waals surface area (Å²) in [7, 11) is 0. The second kappa shape index (κ2) is 4.73. The van der Waals surface area contributed by atoms with Crippen LogP contribution in [0.5, 0.6) is 0 Å². The summed E-state index contributed by atoms with van der Waals surface area (Å²) in [5.41, 5.74) is 0. The van der Waals surface area contributed by atoms with E-state index in [2.05, 4.69) is 20.2 Å². The lowest BCUT2D eigenvalue weighted by molar-refractivity contribution is 0.447. The quantitative estimate of drug-likeness (QED) is 0.536. The fourth-order valence-corrected chi connectivity index (χ4v) is 3.22. The van der Waals surface area contributed by atoms with Crippen LogP contribution in [0.2, 0.25) is 0 Å². The number of thiophene rings is 1. The van der Waals surface area contributed by atoms with Gasteiger partial charge in [0.05, 0.1) is 6.26 Å². The van der Waals surface area contributed by atoms with E-state index in [4.69, 9.17) is 8.83 Å². The van der Waals surface area contributed by atoms with Crippen LogP contribution in [0.15, 0.2) is 55.3 Å². The van der Waals surface area contributed by atoms with Crippen LogP contribution >= 0.6 is 23.1 Å². The van der Waals surface area contributed by atoms with Crippen LogP contribution in [0.4, 0.5) is 0 Å². The molecular weight excluding hydrogens is 296 g/mol. The molecule has 4 heterocycles. The molecule has 20 heavy (non-hydrogen) atoms. The standard InChI is InChI=1S/C12H6N4O2S2/c1-2-8(17-4-1)9-15-16-12(18-9)20-11-7-3-5-19-10(7)13-6-14-11/h1-6H. The highest BCUT2D eigenvalue weighted by atomic mass is 32.2. The number of nitrogens with zero attached hydrogens (tertiary/aromatic N) is 4. The maximum Gasteiger partial charge on any atom is 0.284 e. The van der Waals surface area contributed by atoms with E-state index in [0.29, 0.717) is 16.9 Å². The minimum atomic E-state index is 0.355. The van der Waals surface area contributed by atoms with Gasteiger partial charge in [-0.15, -0.1) is 21.5 Å². The molecule has 0 unspecified atom stereocenters. The Labute approximate surface area is 120 Å². The summed E-state index contributed by atoms with van der Waals surface area (Å²) in [6.07, 6.45) is 3.09. The lowest BCUT2D eigenvalue weighted by atomic mass is 10.4. The SMILES string of the molecule is c1coc(-c2nnc(Sc3ncnc4sccc34)o2)c1. The number of hydrogen-bond acceptors (Lipinski definition) is 8. The highest BCUT2D eigenvalue weighted by Crippen LogP contribution is 2.33. The van der Waals surface area contributed by atoms with Crippen molar-refractivity contribution < 1.29 is 8.83 Å². The molecule has 0 bridgehead atoms. The lowest BCUT2D eigenvalue weighted by Gasteiger charge is -1.96. The molecule has 0 aliphatic carbocycles. The number of fused-ring (bicyclic) bond motifs is 1. The van der Waals surface area contributed by atoms with Crippen LogP contribution in [0.25, 0.3) is 21.9 Å². The van der Waals surface area contributed by atoms with E-state index < -0.39 is 0 Å². The Bertz CT molecular complexity index is 853. The molecular formula is C12H6N4O2S2. The fraction of sp³-hybridized carbons (Fsp3) is 0. The largest absolute Gasteiger partial charge is 0.459 e. The van der Waals surface area contributed by atoms with Gasteiger partial charge >= 0.3 is 0 Å². The average Bonchev–Trinajstić information content (AvgIpc) is 3.20. The summed E-state index contributed by atoms with van der Waals surface area (Å²) in [5, 5.41) is 12.1. The van der Waals surface area contributed by atoms with E-state index >= 15 is 0 Å². The monoisotopic (exact) mass is 302 g/mol. The molecule has 0 aliphatic heterocycles. The van der Waals surface area contributed by atoms with Crippen LogP contribution in [-0.4, -0.2) is 20.2 Å². The smallest absolute Gasteiger partial charge is 0.284 e. The number of furan rings is 1. The van der Waals surface area contributed by atoms with Crippen LogP contribution in [0.1, 0.15) is 0 Å². The molecule has 0 fully saturated rings. The van der Waals surface area contributed by atoms with E-state index in [-0.39, 0.29) is 0 Å². The molecule has 0 radical (unpaired) electrons. The van der Waals surface area contributed by atoms with Crippen molar-refractivity contribution >= 4 is 33.3 Å². The van der Waals surface area contributed by atoms with Crippen LogP contribution < -0.4 is 0 Å². The maximum atomic E-state index is 5.55. The first-order valence-electron chi connectivity index (χ1n) is 5.63. The molecule has 4 rings (SSSR count). The van der Waals surface area contributed by atoms with Gasteiger partial charge in [0.2, 0.25) is 0 Å². The summed E-state index contributed by atoms with van der Waals surface area (Å²) in [6, 6.07) is 5.52. The third-order valence-corrected chi connectivity index (χ3v) is 4.23. The van der Waals surface area contributed by atoms with Gasteiger partial charge in [0.15, 0.2) is 5.76 Å². The number of aromatic nitrogens is 4. The predicted octanol–water partition coefficient (Wildman–Crippen LogP) is 3.49. The average molecular weight is 302 g/mol. The molecule has 0 atom stereocenters. The molecule has 4 aromatic rings. The third-order valence-electron chi connectivity index (χ3n) is 2.55. The Morgan fingerprint density at radius 1 is 1.15 bits per heavy atom. The van der Waals surface area contributed by atoms with Crippen molar-refractivity contribution in [2.24, 2.45) is 0 Å². The molecule has 0 spiro atoms. The summed E-state index contributed by atoms with van der Waals surface area (Å²) in [5.74, 6) is 0.904. The zero-order valence-corrected chi connectivity index (χ0v) is 11.5. The molecule has 0 saturated heterocycles. The summed E-state index contributed by atoms with van der Waals surface area (Å²) in [6.45, 7) is 0. The van der Waals surface area contributed by atoms with Gasteiger partial charge < -0.3 is 8.83 Å². The van der Waals surface area contributed by atoms with Crippen molar-refractivity contribution in [2.45, 2.75) is 10.2 Å². The third kappa shape index (κ3) is 1.98. The number of rotatable bonds is 3. The predicted molar refractivity (Wildman–Crippen MR) is 73.5 cm³/mol. The first kappa shape index (κ1) is 11.6.